The molecular weight excluding hydrogens is 270 g/mol. The third-order valence-corrected chi connectivity index (χ3v) is 4.97. The number of hydrogen-bond acceptors (Lipinski definition) is 4. The highest BCUT2D eigenvalue weighted by atomic mass is 32.2. The molecule has 0 aromatic carbocycles. The Morgan fingerprint density at radius 2 is 2.22 bits per heavy atom. The summed E-state index contributed by atoms with van der Waals surface area (Å²) in [7, 11) is -3.25. The van der Waals surface area contributed by atoms with E-state index < -0.39 is 15.3 Å². The monoisotopic (exact) mass is 287 g/mol. The lowest BCUT2D eigenvalue weighted by molar-refractivity contribution is 0.305. The van der Waals surface area contributed by atoms with Crippen LogP contribution in [-0.2, 0) is 16.6 Å². The number of sulfonamides is 1. The molecule has 0 aliphatic carbocycles. The maximum atomic E-state index is 11.6. The minimum atomic E-state index is -3.25. The number of aliphatic hydroxyl groups is 1. The van der Waals surface area contributed by atoms with Crippen LogP contribution < -0.4 is 4.72 Å². The summed E-state index contributed by atoms with van der Waals surface area (Å²) in [5, 5.41) is 10.1. The van der Waals surface area contributed by atoms with Gasteiger partial charge in [0.2, 0.25) is 10.0 Å². The van der Waals surface area contributed by atoms with Gasteiger partial charge in [-0.2, -0.15) is 0 Å². The fraction of sp³-hybridized carbons (Fsp3) is 0.500. The highest BCUT2D eigenvalue weighted by Crippen LogP contribution is 2.16. The van der Waals surface area contributed by atoms with Crippen molar-refractivity contribution >= 4 is 21.4 Å². The minimum Gasteiger partial charge on any atom is -0.395 e. The quantitative estimate of drug-likeness (QED) is 0.803. The fourth-order valence-corrected chi connectivity index (χ4v) is 2.68. The van der Waals surface area contributed by atoms with Crippen molar-refractivity contribution < 1.29 is 13.5 Å². The molecule has 1 heterocycles. The molecule has 1 aromatic rings. The highest BCUT2D eigenvalue weighted by molar-refractivity contribution is 7.90. The summed E-state index contributed by atoms with van der Waals surface area (Å²) in [6, 6.07) is 1.86. The van der Waals surface area contributed by atoms with E-state index in [4.69, 9.17) is 5.11 Å². The van der Waals surface area contributed by atoms with E-state index in [2.05, 4.69) is 16.6 Å². The zero-order chi connectivity index (χ0) is 13.6. The molecule has 0 spiro atoms. The minimum absolute atomic E-state index is 0.0342. The molecule has 0 aliphatic heterocycles. The molecule has 0 aliphatic rings. The Balaban J connectivity index is 2.70. The van der Waals surface area contributed by atoms with Crippen LogP contribution in [0.4, 0.5) is 0 Å². The van der Waals surface area contributed by atoms with Gasteiger partial charge in [0, 0.05) is 23.4 Å². The molecule has 1 rings (SSSR count). The predicted molar refractivity (Wildman–Crippen MR) is 73.8 cm³/mol. The van der Waals surface area contributed by atoms with E-state index in [1.165, 1.54) is 11.3 Å². The number of aliphatic hydroxyl groups excluding tert-OH is 1. The predicted octanol–water partition coefficient (Wildman–Crippen LogP) is 1.31. The second kappa shape index (κ2) is 6.90. The Labute approximate surface area is 112 Å². The van der Waals surface area contributed by atoms with Crippen molar-refractivity contribution in [2.75, 3.05) is 6.61 Å². The standard InChI is InChI=1S/C12H17NO3S2/c1-10(2)18(15,16)13-9-12-11(6-8-17-12)5-3-4-7-14/h6,8,10,13-14H,4,7,9H2,1-2H3. The van der Waals surface area contributed by atoms with Crippen LogP contribution >= 0.6 is 11.3 Å². The Morgan fingerprint density at radius 3 is 2.83 bits per heavy atom. The Morgan fingerprint density at radius 1 is 1.50 bits per heavy atom. The van der Waals surface area contributed by atoms with Gasteiger partial charge in [0.05, 0.1) is 11.9 Å². The zero-order valence-electron chi connectivity index (χ0n) is 10.4. The van der Waals surface area contributed by atoms with Crippen LogP contribution in [0.1, 0.15) is 30.7 Å². The van der Waals surface area contributed by atoms with Gasteiger partial charge < -0.3 is 5.11 Å². The van der Waals surface area contributed by atoms with Crippen LogP contribution in [0, 0.1) is 11.8 Å². The second-order valence-electron chi connectivity index (χ2n) is 3.95. The van der Waals surface area contributed by atoms with Crippen LogP contribution in [0.2, 0.25) is 0 Å². The van der Waals surface area contributed by atoms with Gasteiger partial charge in [-0.1, -0.05) is 11.8 Å². The van der Waals surface area contributed by atoms with Crippen LogP contribution in [-0.4, -0.2) is 25.4 Å². The van der Waals surface area contributed by atoms with Crippen molar-refractivity contribution in [3.05, 3.63) is 21.9 Å². The first kappa shape index (κ1) is 15.2. The lowest BCUT2D eigenvalue weighted by Gasteiger charge is -2.08. The smallest absolute Gasteiger partial charge is 0.214 e. The Hall–Kier alpha value is -0.870. The van der Waals surface area contributed by atoms with Gasteiger partial charge in [0.25, 0.3) is 0 Å². The van der Waals surface area contributed by atoms with E-state index in [-0.39, 0.29) is 13.2 Å². The number of nitrogens with one attached hydrogen (secondary N) is 1. The average molecular weight is 287 g/mol. The van der Waals surface area contributed by atoms with Crippen LogP contribution in [0.15, 0.2) is 11.4 Å². The summed E-state index contributed by atoms with van der Waals surface area (Å²) in [6.45, 7) is 3.57. The van der Waals surface area contributed by atoms with E-state index in [0.717, 1.165) is 10.4 Å². The third kappa shape index (κ3) is 4.42. The molecule has 0 fully saturated rings. The van der Waals surface area contributed by atoms with E-state index >= 15 is 0 Å². The first-order valence-electron chi connectivity index (χ1n) is 5.62. The maximum Gasteiger partial charge on any atom is 0.214 e. The van der Waals surface area contributed by atoms with Gasteiger partial charge in [-0.25, -0.2) is 13.1 Å². The Bertz CT molecular complexity index is 535. The Kier molecular flexibility index (Phi) is 5.82. The van der Waals surface area contributed by atoms with Crippen molar-refractivity contribution in [2.45, 2.75) is 32.1 Å². The molecule has 0 atom stereocenters. The van der Waals surface area contributed by atoms with Gasteiger partial charge in [0.1, 0.15) is 0 Å². The van der Waals surface area contributed by atoms with Crippen molar-refractivity contribution in [2.24, 2.45) is 0 Å². The number of rotatable bonds is 5. The summed E-state index contributed by atoms with van der Waals surface area (Å²) >= 11 is 1.47. The molecule has 0 bridgehead atoms. The molecule has 2 N–H and O–H groups in total. The lowest BCUT2D eigenvalue weighted by atomic mass is 10.2. The molecule has 4 nitrogen and oxygen atoms in total. The molecule has 0 amide bonds. The summed E-state index contributed by atoms with van der Waals surface area (Å²) in [4.78, 5) is 0.893. The molecule has 1 aromatic heterocycles. The lowest BCUT2D eigenvalue weighted by Crippen LogP contribution is -2.30. The van der Waals surface area contributed by atoms with Crippen LogP contribution in [0.25, 0.3) is 0 Å². The van der Waals surface area contributed by atoms with Crippen molar-refractivity contribution in [1.29, 1.82) is 0 Å². The van der Waals surface area contributed by atoms with E-state index in [0.29, 0.717) is 6.42 Å². The normalized spacial score (nSPS) is 11.3. The SMILES string of the molecule is CC(C)S(=O)(=O)NCc1sccc1C#CCCO. The maximum absolute atomic E-state index is 11.6. The third-order valence-electron chi connectivity index (χ3n) is 2.26. The summed E-state index contributed by atoms with van der Waals surface area (Å²) in [6.07, 6.45) is 0.424. The molecule has 0 radical (unpaired) electrons. The second-order valence-corrected chi connectivity index (χ2v) is 7.27. The van der Waals surface area contributed by atoms with Gasteiger partial charge >= 0.3 is 0 Å². The summed E-state index contributed by atoms with van der Waals surface area (Å²) in [5.74, 6) is 5.75. The molecule has 18 heavy (non-hydrogen) atoms. The highest BCUT2D eigenvalue weighted by Gasteiger charge is 2.15. The molecule has 100 valence electrons. The fourth-order valence-electron chi connectivity index (χ4n) is 1.14. The average Bonchev–Trinajstić information content (AvgIpc) is 2.74. The van der Waals surface area contributed by atoms with Crippen molar-refractivity contribution in [3.63, 3.8) is 0 Å². The number of hydrogen-bond donors (Lipinski definition) is 2. The van der Waals surface area contributed by atoms with E-state index in [1.807, 2.05) is 11.4 Å². The van der Waals surface area contributed by atoms with Crippen molar-refractivity contribution in [1.82, 2.24) is 4.72 Å². The summed E-state index contributed by atoms with van der Waals surface area (Å²) < 4.78 is 25.8. The molecule has 0 unspecified atom stereocenters. The first-order chi connectivity index (χ1) is 8.47. The van der Waals surface area contributed by atoms with E-state index in [1.54, 1.807) is 13.8 Å². The van der Waals surface area contributed by atoms with E-state index in [9.17, 15) is 8.42 Å². The van der Waals surface area contributed by atoms with Gasteiger partial charge in [0.15, 0.2) is 0 Å². The van der Waals surface area contributed by atoms with Gasteiger partial charge in [-0.15, -0.1) is 11.3 Å². The molecular formula is C12H17NO3S2. The topological polar surface area (TPSA) is 66.4 Å². The molecule has 6 heteroatoms. The van der Waals surface area contributed by atoms with Gasteiger partial charge in [-0.05, 0) is 25.3 Å². The van der Waals surface area contributed by atoms with Gasteiger partial charge in [-0.3, -0.25) is 0 Å². The van der Waals surface area contributed by atoms with Crippen LogP contribution in [0.5, 0.6) is 0 Å². The van der Waals surface area contributed by atoms with Crippen LogP contribution in [0.3, 0.4) is 0 Å². The zero-order valence-corrected chi connectivity index (χ0v) is 12.1. The number of thiophene rings is 1. The molecule has 0 saturated heterocycles. The summed E-state index contributed by atoms with van der Waals surface area (Å²) in [5.41, 5.74) is 0.819. The molecule has 0 saturated carbocycles. The largest absolute Gasteiger partial charge is 0.395 e. The first-order valence-corrected chi connectivity index (χ1v) is 8.04. The van der Waals surface area contributed by atoms with Crippen molar-refractivity contribution in [3.8, 4) is 11.8 Å².